The molecule has 0 aromatic carbocycles. The Morgan fingerprint density at radius 1 is 1.38 bits per heavy atom. The summed E-state index contributed by atoms with van der Waals surface area (Å²) in [6.07, 6.45) is 10.0. The molecule has 4 rings (SSSR count). The smallest absolute Gasteiger partial charge is 0.317 e. The van der Waals surface area contributed by atoms with Gasteiger partial charge in [-0.1, -0.05) is 0 Å². The zero-order chi connectivity index (χ0) is 14.4. The molecule has 0 radical (unpaired) electrons. The van der Waals surface area contributed by atoms with Crippen LogP contribution in [-0.4, -0.2) is 44.3 Å². The second-order valence-corrected chi connectivity index (χ2v) is 7.02. The largest absolute Gasteiger partial charge is 0.338 e. The molecule has 2 unspecified atom stereocenters. The Bertz CT molecular complexity index is 534. The molecule has 1 aromatic heterocycles. The van der Waals surface area contributed by atoms with Gasteiger partial charge in [-0.05, 0) is 43.9 Å². The van der Waals surface area contributed by atoms with Crippen LogP contribution in [0.2, 0.25) is 0 Å². The molecule has 1 spiro atoms. The number of hydrogen-bond acceptors (Lipinski definition) is 3. The van der Waals surface area contributed by atoms with E-state index in [9.17, 15) is 4.79 Å². The topological polar surface area (TPSA) is 63.1 Å². The number of piperidine rings is 1. The maximum atomic E-state index is 12.5. The summed E-state index contributed by atoms with van der Waals surface area (Å²) in [4.78, 5) is 18.8. The van der Waals surface area contributed by atoms with Crippen LogP contribution in [0.3, 0.4) is 0 Å². The van der Waals surface area contributed by atoms with E-state index in [1.165, 1.54) is 38.5 Å². The van der Waals surface area contributed by atoms with Gasteiger partial charge in [0.15, 0.2) is 5.82 Å². The third-order valence-electron chi connectivity index (χ3n) is 5.42. The van der Waals surface area contributed by atoms with Crippen LogP contribution in [0.15, 0.2) is 6.33 Å². The number of nitrogens with one attached hydrogen (secondary N) is 1. The first-order valence-electron chi connectivity index (χ1n) is 8.06. The summed E-state index contributed by atoms with van der Waals surface area (Å²) in [5, 5.41) is 7.29. The summed E-state index contributed by atoms with van der Waals surface area (Å²) in [5.74, 6) is 0.788. The molecule has 1 N–H and O–H groups in total. The third-order valence-corrected chi connectivity index (χ3v) is 5.42. The lowest BCUT2D eigenvalue weighted by Crippen LogP contribution is -2.51. The third kappa shape index (κ3) is 2.40. The number of carbonyl (C=O) groups is 1. The fourth-order valence-electron chi connectivity index (χ4n) is 4.23. The van der Waals surface area contributed by atoms with Crippen LogP contribution >= 0.6 is 0 Å². The fourth-order valence-corrected chi connectivity index (χ4v) is 4.23. The van der Waals surface area contributed by atoms with Crippen LogP contribution in [0.25, 0.3) is 0 Å². The van der Waals surface area contributed by atoms with E-state index in [1.807, 2.05) is 7.05 Å². The molecule has 3 heterocycles. The lowest BCUT2D eigenvalue weighted by molar-refractivity contribution is 0.114. The number of carbonyl (C=O) groups excluding carboxylic acids is 1. The number of fused-ring (bicyclic) bond motifs is 2. The number of aryl methyl sites for hydroxylation is 1. The van der Waals surface area contributed by atoms with Crippen molar-refractivity contribution in [3.63, 3.8) is 0 Å². The maximum absolute atomic E-state index is 12.5. The monoisotopic (exact) mass is 289 g/mol. The van der Waals surface area contributed by atoms with E-state index < -0.39 is 0 Å². The number of amides is 2. The van der Waals surface area contributed by atoms with Gasteiger partial charge in [0, 0.05) is 32.1 Å². The van der Waals surface area contributed by atoms with E-state index in [1.54, 1.807) is 11.0 Å². The Labute approximate surface area is 124 Å². The van der Waals surface area contributed by atoms with Crippen molar-refractivity contribution in [2.24, 2.45) is 12.5 Å². The number of rotatable bonds is 3. The molecule has 1 saturated carbocycles. The first-order valence-corrected chi connectivity index (χ1v) is 8.06. The maximum Gasteiger partial charge on any atom is 0.317 e. The SMILES string of the molecule is Cn1cnc(CCNC(=O)N2C3CCC2CC2(CC2)C3)n1. The molecule has 2 bridgehead atoms. The minimum absolute atomic E-state index is 0.119. The van der Waals surface area contributed by atoms with Gasteiger partial charge < -0.3 is 10.2 Å². The lowest BCUT2D eigenvalue weighted by Gasteiger charge is -2.39. The molecule has 3 aliphatic rings. The summed E-state index contributed by atoms with van der Waals surface area (Å²) < 4.78 is 1.69. The number of nitrogens with zero attached hydrogens (tertiary/aromatic N) is 4. The Hall–Kier alpha value is -1.59. The average Bonchev–Trinajstić information content (AvgIpc) is 2.95. The highest BCUT2D eigenvalue weighted by molar-refractivity contribution is 5.75. The first-order chi connectivity index (χ1) is 10.2. The minimum Gasteiger partial charge on any atom is -0.338 e. The molecule has 3 fully saturated rings. The predicted octanol–water partition coefficient (Wildman–Crippen LogP) is 1.47. The molecule has 114 valence electrons. The Kier molecular flexibility index (Phi) is 2.94. The molecule has 6 nitrogen and oxygen atoms in total. The van der Waals surface area contributed by atoms with Gasteiger partial charge in [0.2, 0.25) is 0 Å². The Balaban J connectivity index is 1.31. The highest BCUT2D eigenvalue weighted by atomic mass is 16.2. The van der Waals surface area contributed by atoms with E-state index >= 15 is 0 Å². The van der Waals surface area contributed by atoms with Crippen molar-refractivity contribution in [1.82, 2.24) is 25.0 Å². The first kappa shape index (κ1) is 13.1. The second-order valence-electron chi connectivity index (χ2n) is 7.02. The molecular formula is C15H23N5O. The predicted molar refractivity (Wildman–Crippen MR) is 77.7 cm³/mol. The van der Waals surface area contributed by atoms with Crippen LogP contribution in [0.4, 0.5) is 4.79 Å². The quantitative estimate of drug-likeness (QED) is 0.916. The average molecular weight is 289 g/mol. The van der Waals surface area contributed by atoms with E-state index in [2.05, 4.69) is 20.3 Å². The van der Waals surface area contributed by atoms with Gasteiger partial charge in [-0.2, -0.15) is 5.10 Å². The van der Waals surface area contributed by atoms with Crippen LogP contribution in [0.1, 0.15) is 44.3 Å². The number of hydrogen-bond donors (Lipinski definition) is 1. The summed E-state index contributed by atoms with van der Waals surface area (Å²) in [6.45, 7) is 0.615. The highest BCUT2D eigenvalue weighted by Crippen LogP contribution is 2.59. The van der Waals surface area contributed by atoms with E-state index in [-0.39, 0.29) is 6.03 Å². The molecule has 2 aliphatic heterocycles. The molecule has 1 aromatic rings. The van der Waals surface area contributed by atoms with Crippen molar-refractivity contribution >= 4 is 6.03 Å². The van der Waals surface area contributed by atoms with E-state index in [4.69, 9.17) is 0 Å². The van der Waals surface area contributed by atoms with Crippen LogP contribution < -0.4 is 5.32 Å². The van der Waals surface area contributed by atoms with Crippen molar-refractivity contribution < 1.29 is 4.79 Å². The zero-order valence-electron chi connectivity index (χ0n) is 12.6. The molecule has 1 aliphatic carbocycles. The molecule has 2 atom stereocenters. The lowest BCUT2D eigenvalue weighted by atomic mass is 9.88. The zero-order valence-corrected chi connectivity index (χ0v) is 12.6. The molecule has 21 heavy (non-hydrogen) atoms. The summed E-state index contributed by atoms with van der Waals surface area (Å²) in [6, 6.07) is 1.09. The van der Waals surface area contributed by atoms with Gasteiger partial charge in [0.05, 0.1) is 0 Å². The Morgan fingerprint density at radius 2 is 2.10 bits per heavy atom. The molecular weight excluding hydrogens is 266 g/mol. The Morgan fingerprint density at radius 3 is 2.67 bits per heavy atom. The van der Waals surface area contributed by atoms with Crippen molar-refractivity contribution in [2.75, 3.05) is 6.54 Å². The van der Waals surface area contributed by atoms with Gasteiger partial charge in [0.25, 0.3) is 0 Å². The van der Waals surface area contributed by atoms with Gasteiger partial charge in [-0.15, -0.1) is 0 Å². The normalized spacial score (nSPS) is 28.9. The standard InChI is InChI=1S/C15H23N5O/c1-19-10-17-13(18-19)4-7-16-14(21)20-11-2-3-12(20)9-15(8-11)5-6-15/h10-12H,2-9H2,1H3,(H,16,21). The van der Waals surface area contributed by atoms with E-state index in [0.29, 0.717) is 30.5 Å². The molecule has 6 heteroatoms. The summed E-state index contributed by atoms with van der Waals surface area (Å²) in [7, 11) is 1.86. The van der Waals surface area contributed by atoms with Crippen LogP contribution in [0.5, 0.6) is 0 Å². The van der Waals surface area contributed by atoms with Gasteiger partial charge in [-0.25, -0.2) is 9.78 Å². The number of urea groups is 1. The van der Waals surface area contributed by atoms with Crippen molar-refractivity contribution in [2.45, 2.75) is 57.0 Å². The van der Waals surface area contributed by atoms with Crippen LogP contribution in [0, 0.1) is 5.41 Å². The van der Waals surface area contributed by atoms with Crippen LogP contribution in [-0.2, 0) is 13.5 Å². The van der Waals surface area contributed by atoms with Gasteiger partial charge in [0.1, 0.15) is 6.33 Å². The molecule has 2 amide bonds. The van der Waals surface area contributed by atoms with Crippen molar-refractivity contribution in [1.29, 1.82) is 0 Å². The summed E-state index contributed by atoms with van der Waals surface area (Å²) >= 11 is 0. The summed E-state index contributed by atoms with van der Waals surface area (Å²) in [5.41, 5.74) is 0.625. The van der Waals surface area contributed by atoms with Crippen molar-refractivity contribution in [3.8, 4) is 0 Å². The molecule has 2 saturated heterocycles. The second kappa shape index (κ2) is 4.71. The highest BCUT2D eigenvalue weighted by Gasteiger charge is 2.55. The fraction of sp³-hybridized carbons (Fsp3) is 0.800. The minimum atomic E-state index is 0.119. The van der Waals surface area contributed by atoms with Crippen molar-refractivity contribution in [3.05, 3.63) is 12.2 Å². The van der Waals surface area contributed by atoms with Gasteiger partial charge >= 0.3 is 6.03 Å². The van der Waals surface area contributed by atoms with Gasteiger partial charge in [-0.3, -0.25) is 4.68 Å². The van der Waals surface area contributed by atoms with E-state index in [0.717, 1.165) is 5.82 Å². The number of aromatic nitrogens is 3.